The summed E-state index contributed by atoms with van der Waals surface area (Å²) in [6, 6.07) is 5.23. The van der Waals surface area contributed by atoms with Crippen LogP contribution in [0.15, 0.2) is 29.3 Å². The van der Waals surface area contributed by atoms with Gasteiger partial charge in [0.1, 0.15) is 5.75 Å². The zero-order chi connectivity index (χ0) is 16.4. The van der Waals surface area contributed by atoms with E-state index in [4.69, 9.17) is 10.8 Å². The smallest absolute Gasteiger partial charge is 0.406 e. The molecule has 0 spiro atoms. The molecule has 0 heterocycles. The number of ether oxygens (including phenoxy) is 1. The normalized spacial score (nSPS) is 11.7. The third kappa shape index (κ3) is 11.0. The van der Waals surface area contributed by atoms with Crippen molar-refractivity contribution in [3.63, 3.8) is 0 Å². The van der Waals surface area contributed by atoms with Crippen LogP contribution in [0.5, 0.6) is 5.75 Å². The summed E-state index contributed by atoms with van der Waals surface area (Å²) >= 11 is 0. The third-order valence-corrected chi connectivity index (χ3v) is 2.71. The minimum Gasteiger partial charge on any atom is -0.406 e. The quantitative estimate of drug-likeness (QED) is 0.247. The fraction of sp³-hybridized carbons (Fsp3) is 0.500. The van der Waals surface area contributed by atoms with Crippen LogP contribution in [0.25, 0.3) is 0 Å². The number of hydrogen-bond acceptors (Lipinski definition) is 3. The number of nitrogens with two attached hydrogens (primary N) is 1. The van der Waals surface area contributed by atoms with Gasteiger partial charge >= 0.3 is 6.36 Å². The maximum Gasteiger partial charge on any atom is 0.573 e. The topological polar surface area (TPSA) is 79.9 Å². The van der Waals surface area contributed by atoms with E-state index in [2.05, 4.69) is 15.0 Å². The largest absolute Gasteiger partial charge is 0.573 e. The molecule has 0 aromatic heterocycles. The van der Waals surface area contributed by atoms with Crippen LogP contribution >= 0.6 is 24.0 Å². The molecule has 9 heteroatoms. The van der Waals surface area contributed by atoms with Crippen molar-refractivity contribution in [2.45, 2.75) is 32.0 Å². The van der Waals surface area contributed by atoms with Gasteiger partial charge in [-0.05, 0) is 37.1 Å². The number of aliphatic imine (C=N–C) groups is 1. The molecule has 5 nitrogen and oxygen atoms in total. The number of anilines is 1. The Morgan fingerprint density at radius 3 is 2.30 bits per heavy atom. The molecule has 1 aromatic carbocycles. The molecule has 0 saturated heterocycles. The minimum absolute atomic E-state index is 0. The minimum atomic E-state index is -4.70. The maximum atomic E-state index is 12.0. The van der Waals surface area contributed by atoms with Gasteiger partial charge in [0.25, 0.3) is 0 Å². The van der Waals surface area contributed by atoms with E-state index in [0.717, 1.165) is 25.7 Å². The van der Waals surface area contributed by atoms with Gasteiger partial charge in [-0.25, -0.2) is 0 Å². The Morgan fingerprint density at radius 2 is 1.74 bits per heavy atom. The van der Waals surface area contributed by atoms with Crippen LogP contribution in [0.1, 0.15) is 25.7 Å². The first-order chi connectivity index (χ1) is 10.4. The van der Waals surface area contributed by atoms with Crippen molar-refractivity contribution in [2.24, 2.45) is 10.7 Å². The van der Waals surface area contributed by atoms with Crippen LogP contribution in [0, 0.1) is 0 Å². The molecule has 0 aliphatic carbocycles. The van der Waals surface area contributed by atoms with Crippen LogP contribution in [-0.2, 0) is 0 Å². The molecule has 0 unspecified atom stereocenters. The molecule has 0 amide bonds. The Labute approximate surface area is 150 Å². The highest BCUT2D eigenvalue weighted by molar-refractivity contribution is 14.0. The van der Waals surface area contributed by atoms with Crippen molar-refractivity contribution in [1.82, 2.24) is 0 Å². The fourth-order valence-electron chi connectivity index (χ4n) is 1.70. The van der Waals surface area contributed by atoms with E-state index in [1.807, 2.05) is 0 Å². The van der Waals surface area contributed by atoms with Crippen LogP contribution < -0.4 is 15.8 Å². The average molecular weight is 447 g/mol. The van der Waals surface area contributed by atoms with E-state index in [1.54, 1.807) is 0 Å². The van der Waals surface area contributed by atoms with Gasteiger partial charge in [0.2, 0.25) is 0 Å². The van der Waals surface area contributed by atoms with E-state index in [-0.39, 0.29) is 42.3 Å². The fourth-order valence-corrected chi connectivity index (χ4v) is 1.70. The van der Waals surface area contributed by atoms with Crippen LogP contribution in [-0.4, -0.2) is 30.6 Å². The summed E-state index contributed by atoms with van der Waals surface area (Å²) in [5.41, 5.74) is 6.20. The van der Waals surface area contributed by atoms with Crippen molar-refractivity contribution in [2.75, 3.05) is 18.5 Å². The van der Waals surface area contributed by atoms with E-state index in [0.29, 0.717) is 12.2 Å². The molecular formula is C14H21F3IN3O2. The number of aliphatic hydroxyl groups is 1. The van der Waals surface area contributed by atoms with Gasteiger partial charge in [-0.1, -0.05) is 12.8 Å². The van der Waals surface area contributed by atoms with E-state index >= 15 is 0 Å². The Balaban J connectivity index is 0.00000484. The number of guanidine groups is 1. The highest BCUT2D eigenvalue weighted by atomic mass is 127. The molecule has 1 rings (SSSR count). The van der Waals surface area contributed by atoms with Gasteiger partial charge in [0.15, 0.2) is 5.96 Å². The van der Waals surface area contributed by atoms with Crippen molar-refractivity contribution in [1.29, 1.82) is 0 Å². The molecule has 0 saturated carbocycles. The summed E-state index contributed by atoms with van der Waals surface area (Å²) in [6.07, 6.45) is -1.16. The number of benzene rings is 1. The lowest BCUT2D eigenvalue weighted by Crippen LogP contribution is -2.23. The Bertz CT molecular complexity index is 467. The van der Waals surface area contributed by atoms with Gasteiger partial charge in [0.05, 0.1) is 0 Å². The van der Waals surface area contributed by atoms with Crippen LogP contribution in [0.3, 0.4) is 0 Å². The summed E-state index contributed by atoms with van der Waals surface area (Å²) in [7, 11) is 0. The van der Waals surface area contributed by atoms with Gasteiger partial charge in [0, 0.05) is 18.8 Å². The number of unbranched alkanes of at least 4 members (excludes halogenated alkanes) is 3. The van der Waals surface area contributed by atoms with Gasteiger partial charge < -0.3 is 20.9 Å². The lowest BCUT2D eigenvalue weighted by Gasteiger charge is -2.10. The first-order valence-corrected chi connectivity index (χ1v) is 6.94. The molecule has 0 aliphatic heterocycles. The first-order valence-electron chi connectivity index (χ1n) is 6.94. The van der Waals surface area contributed by atoms with Crippen molar-refractivity contribution in [3.8, 4) is 5.75 Å². The number of hydrogen-bond donors (Lipinski definition) is 3. The van der Waals surface area contributed by atoms with Crippen LogP contribution in [0.4, 0.5) is 18.9 Å². The first kappa shape index (κ1) is 21.8. The second kappa shape index (κ2) is 11.3. The average Bonchev–Trinajstić information content (AvgIpc) is 2.43. The summed E-state index contributed by atoms with van der Waals surface area (Å²) < 4.78 is 39.8. The van der Waals surface area contributed by atoms with E-state index in [9.17, 15) is 13.2 Å². The number of nitrogens with zero attached hydrogens (tertiary/aromatic N) is 1. The molecule has 4 N–H and O–H groups in total. The molecule has 0 atom stereocenters. The summed E-state index contributed by atoms with van der Waals surface area (Å²) in [5, 5.41) is 11.4. The SMILES string of the molecule is I.NC(=NCCCCCCO)Nc1ccc(OC(F)(F)F)cc1. The maximum absolute atomic E-state index is 12.0. The highest BCUT2D eigenvalue weighted by Gasteiger charge is 2.30. The highest BCUT2D eigenvalue weighted by Crippen LogP contribution is 2.23. The number of aliphatic hydroxyl groups excluding tert-OH is 1. The Hall–Kier alpha value is -1.23. The number of alkyl halides is 3. The monoisotopic (exact) mass is 447 g/mol. The second-order valence-corrected chi connectivity index (χ2v) is 4.60. The zero-order valence-corrected chi connectivity index (χ0v) is 14.8. The predicted octanol–water partition coefficient (Wildman–Crippen LogP) is 3.48. The summed E-state index contributed by atoms with van der Waals surface area (Å²) in [5.74, 6) is -0.0934. The lowest BCUT2D eigenvalue weighted by atomic mass is 10.2. The molecule has 0 fully saturated rings. The number of halogens is 4. The lowest BCUT2D eigenvalue weighted by molar-refractivity contribution is -0.274. The summed E-state index contributed by atoms with van der Waals surface area (Å²) in [4.78, 5) is 4.11. The predicted molar refractivity (Wildman–Crippen MR) is 94.2 cm³/mol. The van der Waals surface area contributed by atoms with Gasteiger partial charge in [-0.15, -0.1) is 37.1 Å². The van der Waals surface area contributed by atoms with Gasteiger partial charge in [-0.2, -0.15) is 0 Å². The standard InChI is InChI=1S/C14H20F3N3O2.HI/c15-14(16,17)22-12-7-5-11(6-8-12)20-13(18)19-9-3-1-2-4-10-21;/h5-8,21H,1-4,9-10H2,(H3,18,19,20);1H. The van der Waals surface area contributed by atoms with Crippen molar-refractivity contribution >= 4 is 35.6 Å². The number of rotatable bonds is 8. The van der Waals surface area contributed by atoms with Gasteiger partial charge in [-0.3, -0.25) is 4.99 Å². The molecule has 0 aliphatic rings. The summed E-state index contributed by atoms with van der Waals surface area (Å²) in [6.45, 7) is 0.751. The molecule has 0 bridgehead atoms. The Kier molecular flexibility index (Phi) is 10.7. The van der Waals surface area contributed by atoms with E-state index < -0.39 is 6.36 Å². The van der Waals surface area contributed by atoms with Crippen LogP contribution in [0.2, 0.25) is 0 Å². The molecule has 0 radical (unpaired) electrons. The second-order valence-electron chi connectivity index (χ2n) is 4.60. The Morgan fingerprint density at radius 1 is 1.13 bits per heavy atom. The molecule has 1 aromatic rings. The van der Waals surface area contributed by atoms with Crippen molar-refractivity contribution in [3.05, 3.63) is 24.3 Å². The van der Waals surface area contributed by atoms with Crippen molar-refractivity contribution < 1.29 is 23.0 Å². The zero-order valence-electron chi connectivity index (χ0n) is 12.5. The molecule has 132 valence electrons. The molecule has 23 heavy (non-hydrogen) atoms. The van der Waals surface area contributed by atoms with E-state index in [1.165, 1.54) is 24.3 Å². The molecular weight excluding hydrogens is 426 g/mol. The third-order valence-electron chi connectivity index (χ3n) is 2.71. The number of nitrogens with one attached hydrogen (secondary N) is 1.